The molecule has 2 aromatic carbocycles. The molecule has 0 unspecified atom stereocenters. The van der Waals surface area contributed by atoms with E-state index in [4.69, 9.17) is 10.5 Å². The molecule has 0 saturated carbocycles. The van der Waals surface area contributed by atoms with Crippen LogP contribution in [0, 0.1) is 18.6 Å². The van der Waals surface area contributed by atoms with E-state index in [1.165, 1.54) is 12.1 Å². The fourth-order valence-electron chi connectivity index (χ4n) is 1.70. The van der Waals surface area contributed by atoms with Crippen LogP contribution in [0.15, 0.2) is 36.4 Å². The zero-order valence-corrected chi connectivity index (χ0v) is 10.6. The van der Waals surface area contributed by atoms with E-state index in [2.05, 4.69) is 0 Å². The Morgan fingerprint density at radius 3 is 2.53 bits per heavy atom. The predicted molar refractivity (Wildman–Crippen MR) is 69.8 cm³/mol. The van der Waals surface area contributed by atoms with Crippen LogP contribution in [0.2, 0.25) is 0 Å². The summed E-state index contributed by atoms with van der Waals surface area (Å²) in [6.45, 7) is 2.07. The standard InChI is InChI=1S/C15H15F2NO/c1-10-2-4-13(7-15(10)17)19-9-11-3-5-14(16)12(6-11)8-18/h2-7H,8-9,18H2,1H3. The number of rotatable bonds is 4. The van der Waals surface area contributed by atoms with E-state index in [9.17, 15) is 8.78 Å². The van der Waals surface area contributed by atoms with Gasteiger partial charge in [-0.05, 0) is 36.2 Å². The second kappa shape index (κ2) is 5.80. The summed E-state index contributed by atoms with van der Waals surface area (Å²) in [5.41, 5.74) is 7.24. The van der Waals surface area contributed by atoms with Crippen molar-refractivity contribution in [3.05, 3.63) is 64.7 Å². The van der Waals surface area contributed by atoms with Crippen LogP contribution in [0.4, 0.5) is 8.78 Å². The minimum absolute atomic E-state index is 0.138. The number of hydrogen-bond acceptors (Lipinski definition) is 2. The third-order valence-corrected chi connectivity index (χ3v) is 2.88. The summed E-state index contributed by atoms with van der Waals surface area (Å²) in [5, 5.41) is 0. The molecule has 4 heteroatoms. The molecule has 0 aromatic heterocycles. The van der Waals surface area contributed by atoms with Crippen LogP contribution in [0.3, 0.4) is 0 Å². The molecule has 0 atom stereocenters. The molecular weight excluding hydrogens is 248 g/mol. The minimum atomic E-state index is -0.326. The topological polar surface area (TPSA) is 35.2 Å². The van der Waals surface area contributed by atoms with Crippen LogP contribution in [-0.4, -0.2) is 0 Å². The second-order valence-corrected chi connectivity index (χ2v) is 4.33. The smallest absolute Gasteiger partial charge is 0.129 e. The molecular formula is C15H15F2NO. The molecule has 0 radical (unpaired) electrons. The lowest BCUT2D eigenvalue weighted by atomic mass is 10.1. The second-order valence-electron chi connectivity index (χ2n) is 4.33. The van der Waals surface area contributed by atoms with Gasteiger partial charge in [0.1, 0.15) is 24.0 Å². The highest BCUT2D eigenvalue weighted by Crippen LogP contribution is 2.18. The summed E-state index contributed by atoms with van der Waals surface area (Å²) < 4.78 is 32.1. The average Bonchev–Trinajstić information content (AvgIpc) is 2.41. The van der Waals surface area contributed by atoms with Gasteiger partial charge in [-0.25, -0.2) is 8.78 Å². The predicted octanol–water partition coefficient (Wildman–Crippen LogP) is 3.31. The Kier molecular flexibility index (Phi) is 4.12. The SMILES string of the molecule is Cc1ccc(OCc2ccc(F)c(CN)c2)cc1F. The maximum Gasteiger partial charge on any atom is 0.129 e. The van der Waals surface area contributed by atoms with Gasteiger partial charge in [0, 0.05) is 18.2 Å². The summed E-state index contributed by atoms with van der Waals surface area (Å²) in [6.07, 6.45) is 0. The summed E-state index contributed by atoms with van der Waals surface area (Å²) >= 11 is 0. The third kappa shape index (κ3) is 3.29. The van der Waals surface area contributed by atoms with Gasteiger partial charge in [0.25, 0.3) is 0 Å². The summed E-state index contributed by atoms with van der Waals surface area (Å²) in [6, 6.07) is 9.32. The van der Waals surface area contributed by atoms with Crippen molar-refractivity contribution >= 4 is 0 Å². The highest BCUT2D eigenvalue weighted by molar-refractivity contribution is 5.29. The molecule has 2 nitrogen and oxygen atoms in total. The molecule has 0 aliphatic carbocycles. The molecule has 0 saturated heterocycles. The van der Waals surface area contributed by atoms with E-state index >= 15 is 0 Å². The molecule has 0 bridgehead atoms. The third-order valence-electron chi connectivity index (χ3n) is 2.88. The number of ether oxygens (including phenoxy) is 1. The van der Waals surface area contributed by atoms with Crippen molar-refractivity contribution in [2.45, 2.75) is 20.1 Å². The van der Waals surface area contributed by atoms with Gasteiger partial charge in [0.2, 0.25) is 0 Å². The minimum Gasteiger partial charge on any atom is -0.489 e. The highest BCUT2D eigenvalue weighted by Gasteiger charge is 2.04. The molecule has 2 aromatic rings. The first kappa shape index (κ1) is 13.5. The van der Waals surface area contributed by atoms with E-state index in [0.29, 0.717) is 16.9 Å². The highest BCUT2D eigenvalue weighted by atomic mass is 19.1. The van der Waals surface area contributed by atoms with Crippen molar-refractivity contribution < 1.29 is 13.5 Å². The Morgan fingerprint density at radius 1 is 1.05 bits per heavy atom. The van der Waals surface area contributed by atoms with E-state index in [-0.39, 0.29) is 24.8 Å². The number of hydrogen-bond donors (Lipinski definition) is 1. The normalized spacial score (nSPS) is 10.5. The Hall–Kier alpha value is -1.94. The lowest BCUT2D eigenvalue weighted by molar-refractivity contribution is 0.304. The van der Waals surface area contributed by atoms with Crippen LogP contribution < -0.4 is 10.5 Å². The van der Waals surface area contributed by atoms with Gasteiger partial charge in [0.15, 0.2) is 0 Å². The molecule has 100 valence electrons. The Balaban J connectivity index is 2.07. The first-order valence-electron chi connectivity index (χ1n) is 5.96. The van der Waals surface area contributed by atoms with Crippen LogP contribution in [-0.2, 0) is 13.2 Å². The maximum atomic E-state index is 13.3. The van der Waals surface area contributed by atoms with Crippen molar-refractivity contribution in [1.29, 1.82) is 0 Å². The molecule has 0 aliphatic heterocycles. The van der Waals surface area contributed by atoms with Crippen molar-refractivity contribution in [2.24, 2.45) is 5.73 Å². The zero-order chi connectivity index (χ0) is 13.8. The number of halogens is 2. The van der Waals surface area contributed by atoms with Crippen molar-refractivity contribution in [2.75, 3.05) is 0 Å². The van der Waals surface area contributed by atoms with Crippen molar-refractivity contribution in [1.82, 2.24) is 0 Å². The number of nitrogens with two attached hydrogens (primary N) is 1. The molecule has 0 spiro atoms. The fourth-order valence-corrected chi connectivity index (χ4v) is 1.70. The lowest BCUT2D eigenvalue weighted by Crippen LogP contribution is -2.03. The summed E-state index contributed by atoms with van der Waals surface area (Å²) in [4.78, 5) is 0. The van der Waals surface area contributed by atoms with Gasteiger partial charge in [-0.3, -0.25) is 0 Å². The number of benzene rings is 2. The zero-order valence-electron chi connectivity index (χ0n) is 10.6. The van der Waals surface area contributed by atoms with Gasteiger partial charge < -0.3 is 10.5 Å². The van der Waals surface area contributed by atoms with Gasteiger partial charge >= 0.3 is 0 Å². The molecule has 2 N–H and O–H groups in total. The molecule has 19 heavy (non-hydrogen) atoms. The monoisotopic (exact) mass is 263 g/mol. The van der Waals surface area contributed by atoms with E-state index in [1.54, 1.807) is 31.2 Å². The summed E-state index contributed by atoms with van der Waals surface area (Å²) in [7, 11) is 0. The van der Waals surface area contributed by atoms with Crippen LogP contribution >= 0.6 is 0 Å². The van der Waals surface area contributed by atoms with E-state index in [1.807, 2.05) is 0 Å². The van der Waals surface area contributed by atoms with E-state index in [0.717, 1.165) is 5.56 Å². The number of aryl methyl sites for hydroxylation is 1. The van der Waals surface area contributed by atoms with E-state index < -0.39 is 0 Å². The molecule has 2 rings (SSSR count). The van der Waals surface area contributed by atoms with Gasteiger partial charge in [-0.2, -0.15) is 0 Å². The average molecular weight is 263 g/mol. The first-order valence-corrected chi connectivity index (χ1v) is 5.96. The van der Waals surface area contributed by atoms with Gasteiger partial charge in [-0.15, -0.1) is 0 Å². The molecule has 0 amide bonds. The fraction of sp³-hybridized carbons (Fsp3) is 0.200. The summed E-state index contributed by atoms with van der Waals surface area (Å²) in [5.74, 6) is -0.186. The molecule has 0 heterocycles. The van der Waals surface area contributed by atoms with Crippen molar-refractivity contribution in [3.8, 4) is 5.75 Å². The largest absolute Gasteiger partial charge is 0.489 e. The quantitative estimate of drug-likeness (QED) is 0.918. The van der Waals surface area contributed by atoms with Gasteiger partial charge in [0.05, 0.1) is 0 Å². The Bertz CT molecular complexity index is 584. The molecule has 0 aliphatic rings. The Morgan fingerprint density at radius 2 is 1.84 bits per heavy atom. The van der Waals surface area contributed by atoms with Crippen LogP contribution in [0.1, 0.15) is 16.7 Å². The molecule has 0 fully saturated rings. The Labute approximate surface area is 110 Å². The maximum absolute atomic E-state index is 13.3. The van der Waals surface area contributed by atoms with Gasteiger partial charge in [-0.1, -0.05) is 12.1 Å². The first-order chi connectivity index (χ1) is 9.10. The lowest BCUT2D eigenvalue weighted by Gasteiger charge is -2.09. The van der Waals surface area contributed by atoms with Crippen molar-refractivity contribution in [3.63, 3.8) is 0 Å². The van der Waals surface area contributed by atoms with Crippen LogP contribution in [0.5, 0.6) is 5.75 Å². The van der Waals surface area contributed by atoms with Crippen LogP contribution in [0.25, 0.3) is 0 Å².